The summed E-state index contributed by atoms with van der Waals surface area (Å²) in [5.41, 5.74) is 1.82. The minimum atomic E-state index is -0.851. The zero-order valence-corrected chi connectivity index (χ0v) is 11.7. The SMILES string of the molecule is COc1ccc2c(c1)cc(-c1cccs1)n2CC(=O)O. The molecule has 3 aromatic rings. The Morgan fingerprint density at radius 1 is 1.35 bits per heavy atom. The fourth-order valence-corrected chi connectivity index (χ4v) is 3.06. The summed E-state index contributed by atoms with van der Waals surface area (Å²) >= 11 is 1.60. The maximum absolute atomic E-state index is 11.1. The lowest BCUT2D eigenvalue weighted by atomic mass is 10.2. The van der Waals surface area contributed by atoms with Crippen molar-refractivity contribution >= 4 is 28.2 Å². The summed E-state index contributed by atoms with van der Waals surface area (Å²) in [5.74, 6) is -0.0844. The molecule has 1 aromatic carbocycles. The molecule has 0 spiro atoms. The van der Waals surface area contributed by atoms with E-state index in [0.717, 1.165) is 27.2 Å². The van der Waals surface area contributed by atoms with Crippen LogP contribution in [0.15, 0.2) is 41.8 Å². The van der Waals surface area contributed by atoms with Crippen LogP contribution in [0.1, 0.15) is 0 Å². The number of methoxy groups -OCH3 is 1. The van der Waals surface area contributed by atoms with E-state index >= 15 is 0 Å². The molecule has 3 rings (SSSR count). The highest BCUT2D eigenvalue weighted by Crippen LogP contribution is 2.32. The van der Waals surface area contributed by atoms with Crippen molar-refractivity contribution in [3.63, 3.8) is 0 Å². The number of carbonyl (C=O) groups is 1. The summed E-state index contributed by atoms with van der Waals surface area (Å²) in [6.45, 7) is -0.0525. The molecule has 0 fully saturated rings. The highest BCUT2D eigenvalue weighted by molar-refractivity contribution is 7.13. The lowest BCUT2D eigenvalue weighted by Gasteiger charge is -2.07. The van der Waals surface area contributed by atoms with Crippen LogP contribution in [0, 0.1) is 0 Å². The maximum atomic E-state index is 11.1. The molecule has 0 atom stereocenters. The summed E-state index contributed by atoms with van der Waals surface area (Å²) in [6.07, 6.45) is 0. The molecule has 0 aliphatic carbocycles. The predicted octanol–water partition coefficient (Wildman–Crippen LogP) is 3.46. The van der Waals surface area contributed by atoms with Gasteiger partial charge in [-0.1, -0.05) is 6.07 Å². The molecule has 0 radical (unpaired) electrons. The summed E-state index contributed by atoms with van der Waals surface area (Å²) in [4.78, 5) is 12.2. The van der Waals surface area contributed by atoms with Gasteiger partial charge in [0.05, 0.1) is 17.7 Å². The molecule has 1 N–H and O–H groups in total. The second-order valence-corrected chi connectivity index (χ2v) is 5.36. The molecule has 102 valence electrons. The molecule has 5 heteroatoms. The van der Waals surface area contributed by atoms with Gasteiger partial charge in [-0.3, -0.25) is 4.79 Å². The van der Waals surface area contributed by atoms with Gasteiger partial charge in [-0.25, -0.2) is 0 Å². The number of carboxylic acid groups (broad SMARTS) is 1. The number of ether oxygens (including phenoxy) is 1. The average Bonchev–Trinajstić information content (AvgIpc) is 3.05. The van der Waals surface area contributed by atoms with Crippen LogP contribution in [-0.2, 0) is 11.3 Å². The molecular formula is C15H13NO3S. The smallest absolute Gasteiger partial charge is 0.323 e. The first-order valence-corrected chi connectivity index (χ1v) is 7.00. The number of hydrogen-bond acceptors (Lipinski definition) is 3. The largest absolute Gasteiger partial charge is 0.497 e. The lowest BCUT2D eigenvalue weighted by Crippen LogP contribution is -2.09. The van der Waals surface area contributed by atoms with Crippen LogP contribution in [0.5, 0.6) is 5.75 Å². The Balaban J connectivity index is 2.24. The van der Waals surface area contributed by atoms with Gasteiger partial charge >= 0.3 is 5.97 Å². The van der Waals surface area contributed by atoms with Crippen molar-refractivity contribution in [1.29, 1.82) is 0 Å². The van der Waals surface area contributed by atoms with E-state index in [4.69, 9.17) is 9.84 Å². The first-order valence-electron chi connectivity index (χ1n) is 6.12. The van der Waals surface area contributed by atoms with E-state index in [1.165, 1.54) is 0 Å². The van der Waals surface area contributed by atoms with Crippen molar-refractivity contribution in [2.45, 2.75) is 6.54 Å². The van der Waals surface area contributed by atoms with E-state index in [1.54, 1.807) is 18.4 Å². The Morgan fingerprint density at radius 2 is 2.20 bits per heavy atom. The monoisotopic (exact) mass is 287 g/mol. The highest BCUT2D eigenvalue weighted by atomic mass is 32.1. The first kappa shape index (κ1) is 12.7. The van der Waals surface area contributed by atoms with Crippen LogP contribution in [0.3, 0.4) is 0 Å². The van der Waals surface area contributed by atoms with Crippen LogP contribution < -0.4 is 4.74 Å². The van der Waals surface area contributed by atoms with Crippen LogP contribution >= 0.6 is 11.3 Å². The van der Waals surface area contributed by atoms with Crippen molar-refractivity contribution in [3.8, 4) is 16.3 Å². The van der Waals surface area contributed by atoms with E-state index in [9.17, 15) is 4.79 Å². The third-order valence-corrected chi connectivity index (χ3v) is 4.07. The van der Waals surface area contributed by atoms with Gasteiger partial charge in [0.25, 0.3) is 0 Å². The summed E-state index contributed by atoms with van der Waals surface area (Å²) < 4.78 is 7.04. The molecule has 0 bridgehead atoms. The summed E-state index contributed by atoms with van der Waals surface area (Å²) in [7, 11) is 1.62. The Morgan fingerprint density at radius 3 is 2.85 bits per heavy atom. The van der Waals surface area contributed by atoms with E-state index < -0.39 is 5.97 Å². The van der Waals surface area contributed by atoms with Gasteiger partial charge in [0.1, 0.15) is 12.3 Å². The van der Waals surface area contributed by atoms with Crippen LogP contribution in [-0.4, -0.2) is 22.8 Å². The molecule has 20 heavy (non-hydrogen) atoms. The normalized spacial score (nSPS) is 10.8. The number of rotatable bonds is 4. The second kappa shape index (κ2) is 5.02. The Labute approximate surface area is 119 Å². The minimum Gasteiger partial charge on any atom is -0.497 e. The van der Waals surface area contributed by atoms with Gasteiger partial charge in [0.15, 0.2) is 0 Å². The fraction of sp³-hybridized carbons (Fsp3) is 0.133. The van der Waals surface area contributed by atoms with Crippen molar-refractivity contribution in [2.75, 3.05) is 7.11 Å². The third kappa shape index (κ3) is 2.16. The van der Waals surface area contributed by atoms with E-state index in [2.05, 4.69) is 0 Å². The number of aromatic nitrogens is 1. The Hall–Kier alpha value is -2.27. The second-order valence-electron chi connectivity index (χ2n) is 4.41. The number of benzene rings is 1. The van der Waals surface area contributed by atoms with Crippen molar-refractivity contribution in [3.05, 3.63) is 41.8 Å². The van der Waals surface area contributed by atoms with Gasteiger partial charge in [-0.15, -0.1) is 11.3 Å². The molecular weight excluding hydrogens is 274 g/mol. The number of thiophene rings is 1. The first-order chi connectivity index (χ1) is 9.69. The average molecular weight is 287 g/mol. The van der Waals surface area contributed by atoms with Crippen LogP contribution in [0.2, 0.25) is 0 Å². The maximum Gasteiger partial charge on any atom is 0.323 e. The van der Waals surface area contributed by atoms with Gasteiger partial charge in [-0.2, -0.15) is 0 Å². The van der Waals surface area contributed by atoms with Crippen molar-refractivity contribution in [2.24, 2.45) is 0 Å². The molecule has 0 aliphatic rings. The third-order valence-electron chi connectivity index (χ3n) is 3.18. The Kier molecular flexibility index (Phi) is 3.20. The van der Waals surface area contributed by atoms with Crippen molar-refractivity contribution < 1.29 is 14.6 Å². The summed E-state index contributed by atoms with van der Waals surface area (Å²) in [5, 5.41) is 12.1. The number of hydrogen-bond donors (Lipinski definition) is 1. The molecule has 2 heterocycles. The number of aliphatic carboxylic acids is 1. The van der Waals surface area contributed by atoms with Gasteiger partial charge in [0, 0.05) is 10.9 Å². The number of fused-ring (bicyclic) bond motifs is 1. The minimum absolute atomic E-state index is 0.0525. The van der Waals surface area contributed by atoms with Gasteiger partial charge in [-0.05, 0) is 35.7 Å². The molecule has 0 unspecified atom stereocenters. The van der Waals surface area contributed by atoms with Crippen LogP contribution in [0.25, 0.3) is 21.5 Å². The topological polar surface area (TPSA) is 51.5 Å². The Bertz CT molecular complexity index is 759. The predicted molar refractivity (Wildman–Crippen MR) is 79.4 cm³/mol. The molecule has 0 amide bonds. The summed E-state index contributed by atoms with van der Waals surface area (Å²) in [6, 6.07) is 11.6. The fourth-order valence-electron chi connectivity index (χ4n) is 2.31. The van der Waals surface area contributed by atoms with Crippen molar-refractivity contribution in [1.82, 2.24) is 4.57 Å². The van der Waals surface area contributed by atoms with Gasteiger partial charge < -0.3 is 14.4 Å². The standard InChI is InChI=1S/C15H13NO3S/c1-19-11-4-5-12-10(7-11)8-13(14-3-2-6-20-14)16(12)9-15(17)18/h2-8H,9H2,1H3,(H,17,18). The van der Waals surface area contributed by atoms with Crippen LogP contribution in [0.4, 0.5) is 0 Å². The zero-order chi connectivity index (χ0) is 14.1. The van der Waals surface area contributed by atoms with E-state index in [0.29, 0.717) is 0 Å². The van der Waals surface area contributed by atoms with E-state index in [1.807, 2.05) is 46.3 Å². The number of carboxylic acids is 1. The zero-order valence-electron chi connectivity index (χ0n) is 10.9. The molecule has 2 aromatic heterocycles. The molecule has 0 saturated carbocycles. The molecule has 0 aliphatic heterocycles. The molecule has 4 nitrogen and oxygen atoms in total. The number of nitrogens with zero attached hydrogens (tertiary/aromatic N) is 1. The van der Waals surface area contributed by atoms with Gasteiger partial charge in [0.2, 0.25) is 0 Å². The van der Waals surface area contributed by atoms with E-state index in [-0.39, 0.29) is 6.54 Å². The highest BCUT2D eigenvalue weighted by Gasteiger charge is 2.14. The quantitative estimate of drug-likeness (QED) is 0.799. The molecule has 0 saturated heterocycles. The lowest BCUT2D eigenvalue weighted by molar-refractivity contribution is -0.137.